The Balaban J connectivity index is 1.84. The van der Waals surface area contributed by atoms with E-state index in [1.807, 2.05) is 47.0 Å². The Bertz CT molecular complexity index is 773. The lowest BCUT2D eigenvalue weighted by Crippen LogP contribution is -2.09. The van der Waals surface area contributed by atoms with Gasteiger partial charge in [-0.25, -0.2) is 4.98 Å². The van der Waals surface area contributed by atoms with E-state index < -0.39 is 0 Å². The zero-order valence-electron chi connectivity index (χ0n) is 12.1. The van der Waals surface area contributed by atoms with Crippen molar-refractivity contribution in [1.29, 1.82) is 0 Å². The molecule has 3 aromatic rings. The molecular weight excluding hydrogens is 260 g/mol. The molecule has 0 N–H and O–H groups in total. The minimum Gasteiger partial charge on any atom is -0.323 e. The maximum Gasteiger partial charge on any atom is 0.182 e. The molecule has 3 rings (SSSR count). The zero-order valence-corrected chi connectivity index (χ0v) is 12.1. The van der Waals surface area contributed by atoms with Gasteiger partial charge in [-0.15, -0.1) is 0 Å². The third-order valence-electron chi connectivity index (χ3n) is 3.63. The first-order valence-corrected chi connectivity index (χ1v) is 7.30. The maximum absolute atomic E-state index is 12.5. The van der Waals surface area contributed by atoms with Crippen molar-refractivity contribution in [1.82, 2.24) is 9.55 Å². The van der Waals surface area contributed by atoms with Crippen molar-refractivity contribution in [2.24, 2.45) is 0 Å². The summed E-state index contributed by atoms with van der Waals surface area (Å²) in [7, 11) is 0. The van der Waals surface area contributed by atoms with E-state index in [-0.39, 0.29) is 5.78 Å². The molecular formula is C18H18N2O. The van der Waals surface area contributed by atoms with Gasteiger partial charge in [-0.2, -0.15) is 0 Å². The topological polar surface area (TPSA) is 34.9 Å². The second kappa shape index (κ2) is 5.92. The molecule has 0 aliphatic heterocycles. The van der Waals surface area contributed by atoms with E-state index >= 15 is 0 Å². The Hall–Kier alpha value is -2.42. The Morgan fingerprint density at radius 1 is 1.14 bits per heavy atom. The van der Waals surface area contributed by atoms with Gasteiger partial charge in [-0.3, -0.25) is 4.79 Å². The van der Waals surface area contributed by atoms with Gasteiger partial charge in [0.05, 0.1) is 23.9 Å². The molecule has 0 aliphatic carbocycles. The Morgan fingerprint density at radius 3 is 2.86 bits per heavy atom. The molecule has 1 heterocycles. The highest BCUT2D eigenvalue weighted by atomic mass is 16.1. The smallest absolute Gasteiger partial charge is 0.182 e. The van der Waals surface area contributed by atoms with E-state index in [9.17, 15) is 4.79 Å². The summed E-state index contributed by atoms with van der Waals surface area (Å²) in [5.74, 6) is 0.121. The minimum absolute atomic E-state index is 0.121. The number of rotatable bonds is 5. The minimum atomic E-state index is 0.121. The fraction of sp³-hybridized carbons (Fsp3) is 0.222. The fourth-order valence-corrected chi connectivity index (χ4v) is 2.57. The SMILES string of the molecule is CCCc1cccc(C(=O)Cn2cnc3ccccc32)c1. The highest BCUT2D eigenvalue weighted by molar-refractivity contribution is 5.96. The molecule has 21 heavy (non-hydrogen) atoms. The first-order chi connectivity index (χ1) is 10.3. The van der Waals surface area contributed by atoms with Crippen LogP contribution in [0.1, 0.15) is 29.3 Å². The predicted molar refractivity (Wildman–Crippen MR) is 84.5 cm³/mol. The normalized spacial score (nSPS) is 10.9. The third-order valence-corrected chi connectivity index (χ3v) is 3.63. The summed E-state index contributed by atoms with van der Waals surface area (Å²) in [6, 6.07) is 15.8. The van der Waals surface area contributed by atoms with Crippen LogP contribution in [0.25, 0.3) is 11.0 Å². The number of hydrogen-bond acceptors (Lipinski definition) is 2. The lowest BCUT2D eigenvalue weighted by molar-refractivity contribution is 0.0973. The number of ketones is 1. The van der Waals surface area contributed by atoms with Crippen LogP contribution in [0.3, 0.4) is 0 Å². The summed E-state index contributed by atoms with van der Waals surface area (Å²) >= 11 is 0. The van der Waals surface area contributed by atoms with E-state index in [1.54, 1.807) is 6.33 Å². The quantitative estimate of drug-likeness (QED) is 0.664. The van der Waals surface area contributed by atoms with Crippen LogP contribution in [0.2, 0.25) is 0 Å². The maximum atomic E-state index is 12.5. The lowest BCUT2D eigenvalue weighted by Gasteiger charge is -2.06. The van der Waals surface area contributed by atoms with E-state index in [4.69, 9.17) is 0 Å². The molecule has 0 saturated heterocycles. The number of aryl methyl sites for hydroxylation is 1. The molecule has 0 amide bonds. The summed E-state index contributed by atoms with van der Waals surface area (Å²) in [5, 5.41) is 0. The molecule has 0 aliphatic rings. The average Bonchev–Trinajstić information content (AvgIpc) is 2.91. The number of carbonyl (C=O) groups excluding carboxylic acids is 1. The zero-order chi connectivity index (χ0) is 14.7. The number of aromatic nitrogens is 2. The van der Waals surface area contributed by atoms with Crippen LogP contribution in [-0.4, -0.2) is 15.3 Å². The monoisotopic (exact) mass is 278 g/mol. The molecule has 3 nitrogen and oxygen atoms in total. The molecule has 3 heteroatoms. The van der Waals surface area contributed by atoms with Crippen molar-refractivity contribution in [3.8, 4) is 0 Å². The summed E-state index contributed by atoms with van der Waals surface area (Å²) in [6.07, 6.45) is 3.83. The number of benzene rings is 2. The van der Waals surface area contributed by atoms with Gasteiger partial charge in [0, 0.05) is 5.56 Å². The second-order valence-corrected chi connectivity index (χ2v) is 5.23. The highest BCUT2D eigenvalue weighted by Gasteiger charge is 2.09. The molecule has 0 atom stereocenters. The van der Waals surface area contributed by atoms with Gasteiger partial charge < -0.3 is 4.57 Å². The van der Waals surface area contributed by atoms with Crippen molar-refractivity contribution >= 4 is 16.8 Å². The van der Waals surface area contributed by atoms with E-state index in [2.05, 4.69) is 18.0 Å². The second-order valence-electron chi connectivity index (χ2n) is 5.23. The molecule has 2 aromatic carbocycles. The van der Waals surface area contributed by atoms with Crippen LogP contribution in [0.5, 0.6) is 0 Å². The van der Waals surface area contributed by atoms with Gasteiger partial charge in [-0.05, 0) is 30.2 Å². The van der Waals surface area contributed by atoms with Crippen LogP contribution in [-0.2, 0) is 13.0 Å². The first kappa shape index (κ1) is 13.6. The largest absolute Gasteiger partial charge is 0.323 e. The standard InChI is InChI=1S/C18H18N2O/c1-2-6-14-7-5-8-15(11-14)18(21)12-20-13-19-16-9-3-4-10-17(16)20/h3-5,7-11,13H,2,6,12H2,1H3. The summed E-state index contributed by atoms with van der Waals surface area (Å²) in [4.78, 5) is 16.8. The van der Waals surface area contributed by atoms with Crippen LogP contribution in [0.4, 0.5) is 0 Å². The predicted octanol–water partition coefficient (Wildman–Crippen LogP) is 3.87. The molecule has 0 radical (unpaired) electrons. The molecule has 1 aromatic heterocycles. The van der Waals surface area contributed by atoms with Crippen LogP contribution in [0.15, 0.2) is 54.9 Å². The summed E-state index contributed by atoms with van der Waals surface area (Å²) in [5.41, 5.74) is 3.91. The fourth-order valence-electron chi connectivity index (χ4n) is 2.57. The lowest BCUT2D eigenvalue weighted by atomic mass is 10.0. The van der Waals surface area contributed by atoms with Crippen molar-refractivity contribution in [3.63, 3.8) is 0 Å². The van der Waals surface area contributed by atoms with Gasteiger partial charge >= 0.3 is 0 Å². The van der Waals surface area contributed by atoms with E-state index in [0.717, 1.165) is 29.4 Å². The van der Waals surface area contributed by atoms with Crippen molar-refractivity contribution in [2.45, 2.75) is 26.3 Å². The van der Waals surface area contributed by atoms with E-state index in [0.29, 0.717) is 6.54 Å². The molecule has 0 saturated carbocycles. The Kier molecular flexibility index (Phi) is 3.82. The van der Waals surface area contributed by atoms with Crippen molar-refractivity contribution in [2.75, 3.05) is 0 Å². The molecule has 0 spiro atoms. The summed E-state index contributed by atoms with van der Waals surface area (Å²) in [6.45, 7) is 2.47. The Labute approximate surface area is 124 Å². The number of carbonyl (C=O) groups is 1. The number of imidazole rings is 1. The van der Waals surface area contributed by atoms with Crippen LogP contribution >= 0.6 is 0 Å². The molecule has 106 valence electrons. The van der Waals surface area contributed by atoms with Crippen LogP contribution < -0.4 is 0 Å². The number of hydrogen-bond donors (Lipinski definition) is 0. The molecule has 0 bridgehead atoms. The van der Waals surface area contributed by atoms with Gasteiger partial charge in [-0.1, -0.05) is 43.7 Å². The van der Waals surface area contributed by atoms with Gasteiger partial charge in [0.2, 0.25) is 0 Å². The Morgan fingerprint density at radius 2 is 2.00 bits per heavy atom. The number of nitrogens with zero attached hydrogens (tertiary/aromatic N) is 2. The van der Waals surface area contributed by atoms with Crippen molar-refractivity contribution in [3.05, 3.63) is 66.0 Å². The van der Waals surface area contributed by atoms with Gasteiger partial charge in [0.25, 0.3) is 0 Å². The average molecular weight is 278 g/mol. The highest BCUT2D eigenvalue weighted by Crippen LogP contribution is 2.14. The molecule has 0 unspecified atom stereocenters. The molecule has 0 fully saturated rings. The first-order valence-electron chi connectivity index (χ1n) is 7.30. The number of para-hydroxylation sites is 2. The third kappa shape index (κ3) is 2.87. The van der Waals surface area contributed by atoms with Crippen molar-refractivity contribution < 1.29 is 4.79 Å². The summed E-state index contributed by atoms with van der Waals surface area (Å²) < 4.78 is 1.91. The van der Waals surface area contributed by atoms with Crippen LogP contribution in [0, 0.1) is 0 Å². The van der Waals surface area contributed by atoms with Gasteiger partial charge in [0.1, 0.15) is 0 Å². The van der Waals surface area contributed by atoms with Gasteiger partial charge in [0.15, 0.2) is 5.78 Å². The van der Waals surface area contributed by atoms with E-state index in [1.165, 1.54) is 5.56 Å². The number of fused-ring (bicyclic) bond motifs is 1. The number of Topliss-reactive ketones (excluding diaryl/α,β-unsaturated/α-hetero) is 1.